The largest absolute Gasteiger partial charge is 0.389 e. The summed E-state index contributed by atoms with van der Waals surface area (Å²) >= 11 is 3.10. The summed E-state index contributed by atoms with van der Waals surface area (Å²) in [5.74, 6) is -0.433. The van der Waals surface area contributed by atoms with Gasteiger partial charge in [0.15, 0.2) is 5.13 Å². The summed E-state index contributed by atoms with van der Waals surface area (Å²) in [7, 11) is 1.89. The van der Waals surface area contributed by atoms with E-state index in [1.807, 2.05) is 71.8 Å². The number of nitrogens with one attached hydrogen (secondary N) is 1. The first kappa shape index (κ1) is 28.9. The van der Waals surface area contributed by atoms with Crippen molar-refractivity contribution in [3.63, 3.8) is 0 Å². The van der Waals surface area contributed by atoms with E-state index >= 15 is 0 Å². The number of aryl methyl sites for hydroxylation is 2. The second-order valence-corrected chi connectivity index (χ2v) is 12.3. The first-order valence-corrected chi connectivity index (χ1v) is 15.5. The Bertz CT molecular complexity index is 1490. The predicted octanol–water partition coefficient (Wildman–Crippen LogP) is 5.03. The van der Waals surface area contributed by atoms with Gasteiger partial charge in [0.1, 0.15) is 5.01 Å². The summed E-state index contributed by atoms with van der Waals surface area (Å²) in [6, 6.07) is 16.0. The Labute approximate surface area is 248 Å². The third kappa shape index (κ3) is 7.01. The van der Waals surface area contributed by atoms with Crippen LogP contribution in [-0.4, -0.2) is 64.1 Å². The molecule has 10 heteroatoms. The van der Waals surface area contributed by atoms with Gasteiger partial charge in [-0.05, 0) is 56.9 Å². The van der Waals surface area contributed by atoms with Gasteiger partial charge in [-0.15, -0.1) is 22.7 Å². The Hall–Kier alpha value is -3.60. The topological polar surface area (TPSA) is 98.7 Å². The van der Waals surface area contributed by atoms with Crippen LogP contribution in [0.2, 0.25) is 0 Å². The van der Waals surface area contributed by atoms with Crippen molar-refractivity contribution < 1.29 is 14.7 Å². The number of aromatic nitrogens is 2. The van der Waals surface area contributed by atoms with Gasteiger partial charge in [-0.1, -0.05) is 36.4 Å². The molecule has 2 amide bonds. The molecule has 0 aliphatic carbocycles. The van der Waals surface area contributed by atoms with Crippen molar-refractivity contribution in [2.24, 2.45) is 0 Å². The fourth-order valence-electron chi connectivity index (χ4n) is 5.16. The van der Waals surface area contributed by atoms with Crippen LogP contribution in [0.3, 0.4) is 0 Å². The molecule has 0 saturated carbocycles. The molecule has 1 aliphatic heterocycles. The molecule has 8 nitrogen and oxygen atoms in total. The van der Waals surface area contributed by atoms with E-state index in [1.165, 1.54) is 11.3 Å². The van der Waals surface area contributed by atoms with Gasteiger partial charge in [-0.2, -0.15) is 0 Å². The summed E-state index contributed by atoms with van der Waals surface area (Å²) in [4.78, 5) is 40.0. The van der Waals surface area contributed by atoms with E-state index < -0.39 is 12.1 Å². The van der Waals surface area contributed by atoms with Crippen molar-refractivity contribution in [2.45, 2.75) is 51.3 Å². The van der Waals surface area contributed by atoms with Crippen molar-refractivity contribution in [1.82, 2.24) is 20.2 Å². The number of benzene rings is 2. The van der Waals surface area contributed by atoms with E-state index in [4.69, 9.17) is 0 Å². The number of likely N-dealkylation sites (N-methyl/N-ethyl adjacent to an activating group) is 1. The Morgan fingerprint density at radius 1 is 1.05 bits per heavy atom. The molecule has 0 radical (unpaired) electrons. The lowest BCUT2D eigenvalue weighted by Crippen LogP contribution is -2.49. The van der Waals surface area contributed by atoms with Crippen molar-refractivity contribution >= 4 is 39.6 Å². The Kier molecular flexibility index (Phi) is 9.12. The molecule has 41 heavy (non-hydrogen) atoms. The molecular formula is C31H35N5O3S2. The van der Waals surface area contributed by atoms with Gasteiger partial charge in [-0.25, -0.2) is 9.97 Å². The van der Waals surface area contributed by atoms with Crippen LogP contribution in [0.25, 0.3) is 0 Å². The van der Waals surface area contributed by atoms with Gasteiger partial charge < -0.3 is 20.2 Å². The number of aliphatic hydroxyl groups is 1. The van der Waals surface area contributed by atoms with Crippen LogP contribution < -0.4 is 10.2 Å². The molecule has 2 aromatic heterocycles. The average Bonchev–Trinajstić information content (AvgIpc) is 3.74. The molecule has 5 rings (SSSR count). The molecule has 1 aliphatic rings. The van der Waals surface area contributed by atoms with Crippen LogP contribution in [0.15, 0.2) is 65.4 Å². The Balaban J connectivity index is 1.32. The quantitative estimate of drug-likeness (QED) is 0.269. The van der Waals surface area contributed by atoms with Crippen molar-refractivity contribution in [3.8, 4) is 0 Å². The fraction of sp³-hybridized carbons (Fsp3) is 0.355. The lowest BCUT2D eigenvalue weighted by atomic mass is 10.00. The van der Waals surface area contributed by atoms with E-state index in [-0.39, 0.29) is 17.9 Å². The number of hydrogen-bond donors (Lipinski definition) is 2. The van der Waals surface area contributed by atoms with Crippen molar-refractivity contribution in [2.75, 3.05) is 25.0 Å². The number of nitrogens with zero attached hydrogens (tertiary/aromatic N) is 4. The third-order valence-electron chi connectivity index (χ3n) is 7.28. The third-order valence-corrected chi connectivity index (χ3v) is 9.42. The molecule has 2 N–H and O–H groups in total. The Morgan fingerprint density at radius 3 is 2.49 bits per heavy atom. The highest BCUT2D eigenvalue weighted by atomic mass is 32.1. The first-order chi connectivity index (χ1) is 19.8. The van der Waals surface area contributed by atoms with Gasteiger partial charge in [-0.3, -0.25) is 9.59 Å². The van der Waals surface area contributed by atoms with E-state index in [0.717, 1.165) is 39.9 Å². The molecule has 2 aromatic carbocycles. The van der Waals surface area contributed by atoms with E-state index in [9.17, 15) is 14.7 Å². The highest BCUT2D eigenvalue weighted by molar-refractivity contribution is 7.13. The van der Waals surface area contributed by atoms with Gasteiger partial charge in [0.05, 0.1) is 23.9 Å². The van der Waals surface area contributed by atoms with Crippen LogP contribution in [0.5, 0.6) is 0 Å². The molecule has 3 heterocycles. The Morgan fingerprint density at radius 2 is 1.78 bits per heavy atom. The maximum Gasteiger partial charge on any atom is 0.254 e. The maximum absolute atomic E-state index is 13.6. The van der Waals surface area contributed by atoms with Gasteiger partial charge in [0.25, 0.3) is 11.8 Å². The lowest BCUT2D eigenvalue weighted by Gasteiger charge is -2.28. The SMILES string of the molecule is Cc1csc([C@H]2CCCN2C(=O)c2cccc(C(=O)N[C@@H](Cc3ccccc3)[C@H](O)CN(C)c3nc(C)cs3)c2)n1. The van der Waals surface area contributed by atoms with Gasteiger partial charge in [0, 0.05) is 47.7 Å². The summed E-state index contributed by atoms with van der Waals surface area (Å²) < 4.78 is 0. The fourth-order valence-corrected chi connectivity index (χ4v) is 6.88. The van der Waals surface area contributed by atoms with E-state index in [2.05, 4.69) is 15.3 Å². The minimum absolute atomic E-state index is 0.0392. The molecule has 214 valence electrons. The molecule has 1 saturated heterocycles. The maximum atomic E-state index is 13.6. The number of aliphatic hydroxyl groups excluding tert-OH is 1. The smallest absolute Gasteiger partial charge is 0.254 e. The predicted molar refractivity (Wildman–Crippen MR) is 164 cm³/mol. The minimum Gasteiger partial charge on any atom is -0.389 e. The van der Waals surface area contributed by atoms with Crippen molar-refractivity contribution in [1.29, 1.82) is 0 Å². The van der Waals surface area contributed by atoms with Crippen LogP contribution in [0.1, 0.15) is 61.6 Å². The molecule has 0 bridgehead atoms. The van der Waals surface area contributed by atoms with Gasteiger partial charge >= 0.3 is 0 Å². The number of amides is 2. The number of carbonyl (C=O) groups excluding carboxylic acids is 2. The standard InChI is InChI=1S/C31H35N5O3S2/c1-20-18-40-29(32-20)26-13-8-14-36(26)30(39)24-12-7-11-23(16-24)28(38)34-25(15-22-9-5-4-6-10-22)27(37)17-35(3)31-33-21(2)19-41-31/h4-7,9-12,16,18-19,25-27,37H,8,13-15,17H2,1-3H3,(H,34,38)/t25-,26+,27+/m0/s1. The molecular weight excluding hydrogens is 555 g/mol. The van der Waals surface area contributed by atoms with Crippen LogP contribution in [0.4, 0.5) is 5.13 Å². The lowest BCUT2D eigenvalue weighted by molar-refractivity contribution is 0.0735. The number of carbonyl (C=O) groups is 2. The number of hydrogen-bond acceptors (Lipinski definition) is 8. The zero-order valence-electron chi connectivity index (χ0n) is 23.5. The second-order valence-electron chi connectivity index (χ2n) is 10.6. The number of likely N-dealkylation sites (tertiary alicyclic amines) is 1. The molecule has 1 fully saturated rings. The highest BCUT2D eigenvalue weighted by Gasteiger charge is 2.33. The molecule has 0 spiro atoms. The number of rotatable bonds is 10. The van der Waals surface area contributed by atoms with Crippen LogP contribution in [0, 0.1) is 13.8 Å². The normalized spacial score (nSPS) is 16.4. The molecule has 0 unspecified atom stereocenters. The first-order valence-electron chi connectivity index (χ1n) is 13.8. The number of thiazole rings is 2. The van der Waals surface area contributed by atoms with Crippen LogP contribution in [-0.2, 0) is 6.42 Å². The zero-order chi connectivity index (χ0) is 28.9. The van der Waals surface area contributed by atoms with Gasteiger partial charge in [0.2, 0.25) is 0 Å². The highest BCUT2D eigenvalue weighted by Crippen LogP contribution is 2.34. The molecule has 3 atom stereocenters. The summed E-state index contributed by atoms with van der Waals surface area (Å²) in [6.07, 6.45) is 1.40. The second kappa shape index (κ2) is 12.9. The van der Waals surface area contributed by atoms with Crippen molar-refractivity contribution in [3.05, 3.63) is 98.4 Å². The van der Waals surface area contributed by atoms with E-state index in [1.54, 1.807) is 35.6 Å². The van der Waals surface area contributed by atoms with Crippen LogP contribution >= 0.6 is 22.7 Å². The minimum atomic E-state index is -0.856. The zero-order valence-corrected chi connectivity index (χ0v) is 25.1. The number of anilines is 1. The molecule has 4 aromatic rings. The summed E-state index contributed by atoms with van der Waals surface area (Å²) in [5, 5.41) is 20.1. The average molecular weight is 590 g/mol. The summed E-state index contributed by atoms with van der Waals surface area (Å²) in [6.45, 7) is 4.86. The van der Waals surface area contributed by atoms with E-state index in [0.29, 0.717) is 30.6 Å². The monoisotopic (exact) mass is 589 g/mol. The summed E-state index contributed by atoms with van der Waals surface area (Å²) in [5.41, 5.74) is 3.74.